The second-order valence-electron chi connectivity index (χ2n) is 5.14. The molecule has 0 aromatic carbocycles. The van der Waals surface area contributed by atoms with E-state index >= 15 is 0 Å². The van der Waals surface area contributed by atoms with Gasteiger partial charge in [0.1, 0.15) is 17.8 Å². The lowest BCUT2D eigenvalue weighted by atomic mass is 9.94. The van der Waals surface area contributed by atoms with Gasteiger partial charge in [0.2, 0.25) is 5.91 Å². The molecule has 0 radical (unpaired) electrons. The molecular weight excluding hydrogens is 306 g/mol. The predicted octanol–water partition coefficient (Wildman–Crippen LogP) is 1.49. The van der Waals surface area contributed by atoms with E-state index in [1.807, 2.05) is 0 Å². The molecule has 9 heteroatoms. The topological polar surface area (TPSA) is 61.4 Å². The Morgan fingerprint density at radius 1 is 1.50 bits per heavy atom. The molecule has 5 nitrogen and oxygen atoms in total. The third kappa shape index (κ3) is 3.23. The van der Waals surface area contributed by atoms with E-state index in [1.165, 1.54) is 24.1 Å². The third-order valence-electron chi connectivity index (χ3n) is 3.69. The molecule has 0 saturated carbocycles. The van der Waals surface area contributed by atoms with Crippen LogP contribution in [-0.2, 0) is 4.79 Å². The van der Waals surface area contributed by atoms with Crippen molar-refractivity contribution in [2.75, 3.05) is 20.1 Å². The second kappa shape index (κ2) is 5.98. The highest BCUT2D eigenvalue weighted by Gasteiger charge is 2.43. The number of rotatable bonds is 3. The van der Waals surface area contributed by atoms with Crippen LogP contribution >= 0.6 is 0 Å². The zero-order valence-electron chi connectivity index (χ0n) is 11.7. The van der Waals surface area contributed by atoms with Crippen molar-refractivity contribution < 1.29 is 27.2 Å². The molecule has 2 N–H and O–H groups in total. The van der Waals surface area contributed by atoms with E-state index < -0.39 is 42.3 Å². The number of amides is 3. The maximum Gasteiger partial charge on any atom is 0.398 e. The van der Waals surface area contributed by atoms with Gasteiger partial charge in [-0.05, 0) is 6.42 Å². The standard InChI is InChI=1S/C13H15F4N3O2/c1-20-9(6-19-12(20)22)11(21)18-5-7-3-2-4-8(10(7)14)13(15,16)17/h2-3,8-9H,4-6H2,1H3,(H,18,21)(H,19,22). The molecule has 0 aromatic rings. The van der Waals surface area contributed by atoms with E-state index in [-0.39, 0.29) is 18.7 Å². The van der Waals surface area contributed by atoms with Crippen LogP contribution in [0.3, 0.4) is 0 Å². The highest BCUT2D eigenvalue weighted by molar-refractivity contribution is 5.90. The highest BCUT2D eigenvalue weighted by Crippen LogP contribution is 2.39. The third-order valence-corrected chi connectivity index (χ3v) is 3.69. The summed E-state index contributed by atoms with van der Waals surface area (Å²) in [4.78, 5) is 24.3. The number of carbonyl (C=O) groups is 2. The van der Waals surface area contributed by atoms with Crippen LogP contribution in [0.1, 0.15) is 6.42 Å². The Hall–Kier alpha value is -2.06. The summed E-state index contributed by atoms with van der Waals surface area (Å²) >= 11 is 0. The Bertz CT molecular complexity index is 542. The molecule has 1 saturated heterocycles. The fraction of sp³-hybridized carbons (Fsp3) is 0.538. The number of halogens is 4. The smallest absolute Gasteiger partial charge is 0.350 e. The summed E-state index contributed by atoms with van der Waals surface area (Å²) in [5.74, 6) is -3.99. The molecule has 1 heterocycles. The minimum Gasteiger partial charge on any atom is -0.350 e. The van der Waals surface area contributed by atoms with Crippen molar-refractivity contribution in [3.63, 3.8) is 0 Å². The lowest BCUT2D eigenvalue weighted by Gasteiger charge is -2.23. The summed E-state index contributed by atoms with van der Waals surface area (Å²) in [5.41, 5.74) is -0.207. The number of nitrogens with zero attached hydrogens (tertiary/aromatic N) is 1. The van der Waals surface area contributed by atoms with Crippen LogP contribution in [0.4, 0.5) is 22.4 Å². The number of hydrogen-bond donors (Lipinski definition) is 2. The zero-order chi connectivity index (χ0) is 16.5. The van der Waals surface area contributed by atoms with Crippen LogP contribution in [0.2, 0.25) is 0 Å². The number of nitrogens with one attached hydrogen (secondary N) is 2. The van der Waals surface area contributed by atoms with Gasteiger partial charge in [0.05, 0.1) is 0 Å². The van der Waals surface area contributed by atoms with Crippen LogP contribution in [0.15, 0.2) is 23.6 Å². The number of carbonyl (C=O) groups excluding carboxylic acids is 2. The van der Waals surface area contributed by atoms with Gasteiger partial charge in [-0.15, -0.1) is 0 Å². The monoisotopic (exact) mass is 321 g/mol. The van der Waals surface area contributed by atoms with Gasteiger partial charge < -0.3 is 15.5 Å². The van der Waals surface area contributed by atoms with Crippen molar-refractivity contribution in [1.82, 2.24) is 15.5 Å². The zero-order valence-corrected chi connectivity index (χ0v) is 11.7. The number of hydrogen-bond acceptors (Lipinski definition) is 2. The minimum absolute atomic E-state index is 0.101. The van der Waals surface area contributed by atoms with Crippen molar-refractivity contribution in [2.24, 2.45) is 5.92 Å². The summed E-state index contributed by atoms with van der Waals surface area (Å²) < 4.78 is 51.8. The van der Waals surface area contributed by atoms with Crippen molar-refractivity contribution in [3.8, 4) is 0 Å². The van der Waals surface area contributed by atoms with E-state index in [2.05, 4.69) is 10.6 Å². The van der Waals surface area contributed by atoms with Crippen molar-refractivity contribution >= 4 is 11.9 Å². The number of allylic oxidation sites excluding steroid dienone is 2. The van der Waals surface area contributed by atoms with Crippen LogP contribution in [-0.4, -0.2) is 49.2 Å². The molecule has 1 fully saturated rings. The first-order valence-corrected chi connectivity index (χ1v) is 6.62. The predicted molar refractivity (Wildman–Crippen MR) is 69.4 cm³/mol. The Labute approximate surface area is 124 Å². The molecule has 0 aromatic heterocycles. The fourth-order valence-corrected chi connectivity index (χ4v) is 2.33. The quantitative estimate of drug-likeness (QED) is 0.774. The molecule has 122 valence electrons. The van der Waals surface area contributed by atoms with E-state index in [4.69, 9.17) is 0 Å². The summed E-state index contributed by atoms with van der Waals surface area (Å²) in [6, 6.07) is -1.18. The molecule has 2 unspecified atom stereocenters. The van der Waals surface area contributed by atoms with Gasteiger partial charge in [-0.3, -0.25) is 4.79 Å². The van der Waals surface area contributed by atoms with Gasteiger partial charge in [0, 0.05) is 25.7 Å². The van der Waals surface area contributed by atoms with E-state index in [9.17, 15) is 27.2 Å². The number of alkyl halides is 3. The SMILES string of the molecule is CN1C(=O)NCC1C(=O)NCC1=C(F)C(C(F)(F)F)CC=C1. The van der Waals surface area contributed by atoms with Crippen LogP contribution in [0, 0.1) is 5.92 Å². The highest BCUT2D eigenvalue weighted by atomic mass is 19.4. The van der Waals surface area contributed by atoms with Crippen LogP contribution in [0.25, 0.3) is 0 Å². The van der Waals surface area contributed by atoms with Gasteiger partial charge >= 0.3 is 12.2 Å². The molecular formula is C13H15F4N3O2. The Balaban J connectivity index is 2.00. The Morgan fingerprint density at radius 2 is 2.18 bits per heavy atom. The molecule has 2 rings (SSSR count). The fourth-order valence-electron chi connectivity index (χ4n) is 2.33. The molecule has 0 bridgehead atoms. The largest absolute Gasteiger partial charge is 0.398 e. The van der Waals surface area contributed by atoms with Gasteiger partial charge in [-0.2, -0.15) is 13.2 Å². The number of likely N-dealkylation sites (N-methyl/N-ethyl adjacent to an activating group) is 1. The van der Waals surface area contributed by atoms with Crippen molar-refractivity contribution in [3.05, 3.63) is 23.6 Å². The first kappa shape index (κ1) is 16.3. The minimum atomic E-state index is -4.66. The van der Waals surface area contributed by atoms with Gasteiger partial charge in [-0.25, -0.2) is 9.18 Å². The molecule has 2 atom stereocenters. The van der Waals surface area contributed by atoms with Crippen LogP contribution < -0.4 is 10.6 Å². The number of urea groups is 1. The van der Waals surface area contributed by atoms with E-state index in [1.54, 1.807) is 0 Å². The normalized spacial score (nSPS) is 25.5. The molecule has 3 amide bonds. The first-order valence-electron chi connectivity index (χ1n) is 6.62. The molecule has 2 aliphatic rings. The summed E-state index contributed by atoms with van der Waals surface area (Å²) in [6.07, 6.45) is -2.64. The second-order valence-corrected chi connectivity index (χ2v) is 5.14. The maximum absolute atomic E-state index is 13.9. The first-order chi connectivity index (χ1) is 10.2. The van der Waals surface area contributed by atoms with Gasteiger partial charge in [-0.1, -0.05) is 12.2 Å². The summed E-state index contributed by atoms with van der Waals surface area (Å²) in [7, 11) is 1.42. The lowest BCUT2D eigenvalue weighted by molar-refractivity contribution is -0.167. The summed E-state index contributed by atoms with van der Waals surface area (Å²) in [5, 5.41) is 4.81. The van der Waals surface area contributed by atoms with E-state index in [0.29, 0.717) is 0 Å². The molecule has 0 spiro atoms. The van der Waals surface area contributed by atoms with Crippen molar-refractivity contribution in [1.29, 1.82) is 0 Å². The van der Waals surface area contributed by atoms with Gasteiger partial charge in [0.15, 0.2) is 0 Å². The maximum atomic E-state index is 13.9. The molecule has 22 heavy (non-hydrogen) atoms. The van der Waals surface area contributed by atoms with Gasteiger partial charge in [0.25, 0.3) is 0 Å². The Kier molecular flexibility index (Phi) is 4.43. The van der Waals surface area contributed by atoms with Crippen molar-refractivity contribution in [2.45, 2.75) is 18.6 Å². The van der Waals surface area contributed by atoms with E-state index in [0.717, 1.165) is 0 Å². The average molecular weight is 321 g/mol. The van der Waals surface area contributed by atoms with Crippen LogP contribution in [0.5, 0.6) is 0 Å². The Morgan fingerprint density at radius 3 is 2.73 bits per heavy atom. The summed E-state index contributed by atoms with van der Waals surface area (Å²) in [6.45, 7) is -0.254. The average Bonchev–Trinajstić information content (AvgIpc) is 2.76. The molecule has 1 aliphatic carbocycles. The molecule has 1 aliphatic heterocycles. The lowest BCUT2D eigenvalue weighted by Crippen LogP contribution is -2.44.